The Labute approximate surface area is 129 Å². The summed E-state index contributed by atoms with van der Waals surface area (Å²) in [6.07, 6.45) is 2.44. The number of aromatic nitrogens is 2. The average molecular weight is 309 g/mol. The maximum atomic E-state index is 12.4. The third-order valence-electron chi connectivity index (χ3n) is 3.91. The van der Waals surface area contributed by atoms with Gasteiger partial charge in [0.15, 0.2) is 5.82 Å². The summed E-state index contributed by atoms with van der Waals surface area (Å²) in [6.45, 7) is 6.02. The van der Waals surface area contributed by atoms with Crippen molar-refractivity contribution in [1.29, 1.82) is 0 Å². The zero-order valence-corrected chi connectivity index (χ0v) is 13.5. The molecule has 7 nitrogen and oxygen atoms in total. The molecule has 1 aromatic heterocycles. The molecule has 0 unspecified atom stereocenters. The molecule has 2 aliphatic rings. The van der Waals surface area contributed by atoms with Crippen LogP contribution in [0.1, 0.15) is 63.7 Å². The van der Waals surface area contributed by atoms with Crippen molar-refractivity contribution in [2.45, 2.75) is 63.7 Å². The van der Waals surface area contributed by atoms with Crippen LogP contribution < -0.4 is 0 Å². The highest BCUT2D eigenvalue weighted by molar-refractivity contribution is 5.69. The molecule has 7 heteroatoms. The summed E-state index contributed by atoms with van der Waals surface area (Å²) in [4.78, 5) is 18.5. The SMILES string of the molecule is CO[C@@H]1C[C@@H](c2nc(C3CC3)no2)N(C(=O)OC(C)(C)C)C1. The molecule has 1 saturated carbocycles. The molecular weight excluding hydrogens is 286 g/mol. The molecule has 0 aromatic carbocycles. The summed E-state index contributed by atoms with van der Waals surface area (Å²) in [5, 5.41) is 4.04. The zero-order chi connectivity index (χ0) is 15.9. The number of nitrogens with zero attached hydrogens (tertiary/aromatic N) is 3. The Morgan fingerprint density at radius 3 is 2.68 bits per heavy atom. The van der Waals surface area contributed by atoms with Gasteiger partial charge in [0.05, 0.1) is 12.6 Å². The van der Waals surface area contributed by atoms with Crippen molar-refractivity contribution in [2.24, 2.45) is 0 Å². The number of methoxy groups -OCH3 is 1. The van der Waals surface area contributed by atoms with E-state index in [2.05, 4.69) is 10.1 Å². The number of hydrogen-bond donors (Lipinski definition) is 0. The first-order valence-corrected chi connectivity index (χ1v) is 7.73. The minimum absolute atomic E-state index is 0.0474. The Balaban J connectivity index is 1.77. The van der Waals surface area contributed by atoms with Gasteiger partial charge in [-0.05, 0) is 33.6 Å². The second kappa shape index (κ2) is 5.53. The largest absolute Gasteiger partial charge is 0.444 e. The van der Waals surface area contributed by atoms with Crippen molar-refractivity contribution in [2.75, 3.05) is 13.7 Å². The minimum Gasteiger partial charge on any atom is -0.444 e. The van der Waals surface area contributed by atoms with Crippen LogP contribution in [0.15, 0.2) is 4.52 Å². The van der Waals surface area contributed by atoms with Gasteiger partial charge in [-0.1, -0.05) is 5.16 Å². The maximum Gasteiger partial charge on any atom is 0.411 e. The second-order valence-electron chi connectivity index (χ2n) is 7.01. The lowest BCUT2D eigenvalue weighted by atomic mass is 10.2. The maximum absolute atomic E-state index is 12.4. The number of carbonyl (C=O) groups excluding carboxylic acids is 1. The Morgan fingerprint density at radius 2 is 2.09 bits per heavy atom. The first-order chi connectivity index (χ1) is 10.4. The molecule has 1 aliphatic carbocycles. The van der Waals surface area contributed by atoms with Gasteiger partial charge >= 0.3 is 6.09 Å². The number of carbonyl (C=O) groups is 1. The molecule has 0 bridgehead atoms. The Morgan fingerprint density at radius 1 is 1.36 bits per heavy atom. The molecule has 2 heterocycles. The van der Waals surface area contributed by atoms with Crippen LogP contribution in [-0.4, -0.2) is 46.5 Å². The molecule has 1 aliphatic heterocycles. The topological polar surface area (TPSA) is 77.7 Å². The van der Waals surface area contributed by atoms with E-state index in [1.165, 1.54) is 0 Å². The average Bonchev–Trinajstić information content (AvgIpc) is 3.01. The lowest BCUT2D eigenvalue weighted by Crippen LogP contribution is -2.37. The summed E-state index contributed by atoms with van der Waals surface area (Å²) in [5.41, 5.74) is -0.541. The van der Waals surface area contributed by atoms with E-state index in [9.17, 15) is 4.79 Å². The summed E-state index contributed by atoms with van der Waals surface area (Å²) in [6, 6.07) is -0.278. The highest BCUT2D eigenvalue weighted by Crippen LogP contribution is 2.40. The van der Waals surface area contributed by atoms with Crippen LogP contribution in [0.5, 0.6) is 0 Å². The molecule has 2 atom stereocenters. The standard InChI is InChI=1S/C15H23N3O4/c1-15(2,3)21-14(19)18-8-10(20-4)7-11(18)13-16-12(17-22-13)9-5-6-9/h9-11H,5-8H2,1-4H3/t10-,11+/m1/s1. The minimum atomic E-state index is -0.541. The van der Waals surface area contributed by atoms with Gasteiger partial charge < -0.3 is 14.0 Å². The Bertz CT molecular complexity index is 547. The predicted molar refractivity (Wildman–Crippen MR) is 77.4 cm³/mol. The molecule has 0 radical (unpaired) electrons. The highest BCUT2D eigenvalue weighted by atomic mass is 16.6. The number of amides is 1. The second-order valence-corrected chi connectivity index (χ2v) is 7.01. The molecule has 22 heavy (non-hydrogen) atoms. The number of hydrogen-bond acceptors (Lipinski definition) is 6. The van der Waals surface area contributed by atoms with Crippen LogP contribution in [0.3, 0.4) is 0 Å². The van der Waals surface area contributed by atoms with Gasteiger partial charge in [-0.15, -0.1) is 0 Å². The van der Waals surface area contributed by atoms with E-state index in [1.807, 2.05) is 20.8 Å². The number of ether oxygens (including phenoxy) is 2. The van der Waals surface area contributed by atoms with Gasteiger partial charge in [0.2, 0.25) is 5.89 Å². The first-order valence-electron chi connectivity index (χ1n) is 7.73. The van der Waals surface area contributed by atoms with Crippen LogP contribution >= 0.6 is 0 Å². The quantitative estimate of drug-likeness (QED) is 0.854. The van der Waals surface area contributed by atoms with Crippen LogP contribution in [0.25, 0.3) is 0 Å². The highest BCUT2D eigenvalue weighted by Gasteiger charge is 2.42. The lowest BCUT2D eigenvalue weighted by Gasteiger charge is -2.26. The summed E-state index contributed by atoms with van der Waals surface area (Å²) in [5.74, 6) is 1.65. The third kappa shape index (κ3) is 3.24. The van der Waals surface area contributed by atoms with E-state index in [0.29, 0.717) is 24.8 Å². The van der Waals surface area contributed by atoms with Crippen molar-refractivity contribution >= 4 is 6.09 Å². The van der Waals surface area contributed by atoms with Gasteiger partial charge in [-0.2, -0.15) is 4.98 Å². The van der Waals surface area contributed by atoms with Gasteiger partial charge in [0.1, 0.15) is 11.6 Å². The van der Waals surface area contributed by atoms with Crippen LogP contribution in [0.4, 0.5) is 4.79 Å². The smallest absolute Gasteiger partial charge is 0.411 e. The van der Waals surface area contributed by atoms with Crippen LogP contribution in [0.2, 0.25) is 0 Å². The summed E-state index contributed by atoms with van der Waals surface area (Å²) >= 11 is 0. The fourth-order valence-corrected chi connectivity index (χ4v) is 2.61. The zero-order valence-electron chi connectivity index (χ0n) is 13.5. The molecule has 1 aromatic rings. The van der Waals surface area contributed by atoms with Crippen molar-refractivity contribution in [3.63, 3.8) is 0 Å². The van der Waals surface area contributed by atoms with Crippen LogP contribution in [-0.2, 0) is 9.47 Å². The number of likely N-dealkylation sites (tertiary alicyclic amines) is 1. The van der Waals surface area contributed by atoms with E-state index < -0.39 is 5.60 Å². The molecule has 3 rings (SSSR count). The van der Waals surface area contributed by atoms with E-state index in [1.54, 1.807) is 12.0 Å². The van der Waals surface area contributed by atoms with Gasteiger partial charge in [0, 0.05) is 19.4 Å². The van der Waals surface area contributed by atoms with Gasteiger partial charge in [-0.3, -0.25) is 4.90 Å². The monoisotopic (exact) mass is 309 g/mol. The summed E-state index contributed by atoms with van der Waals surface area (Å²) < 4.78 is 16.3. The third-order valence-corrected chi connectivity index (χ3v) is 3.91. The molecule has 0 spiro atoms. The van der Waals surface area contributed by atoms with E-state index in [-0.39, 0.29) is 18.2 Å². The summed E-state index contributed by atoms with van der Waals surface area (Å²) in [7, 11) is 1.64. The Kier molecular flexibility index (Phi) is 3.84. The van der Waals surface area contributed by atoms with Crippen LogP contribution in [0, 0.1) is 0 Å². The molecule has 0 N–H and O–H groups in total. The van der Waals surface area contributed by atoms with Crippen molar-refractivity contribution in [1.82, 2.24) is 15.0 Å². The van der Waals surface area contributed by atoms with Crippen molar-refractivity contribution < 1.29 is 18.8 Å². The van der Waals surface area contributed by atoms with E-state index >= 15 is 0 Å². The van der Waals surface area contributed by atoms with Gasteiger partial charge in [0.25, 0.3) is 0 Å². The predicted octanol–water partition coefficient (Wildman–Crippen LogP) is 2.64. The molecule has 122 valence electrons. The van der Waals surface area contributed by atoms with E-state index in [0.717, 1.165) is 18.7 Å². The first kappa shape index (κ1) is 15.3. The lowest BCUT2D eigenvalue weighted by molar-refractivity contribution is 0.0174. The van der Waals surface area contributed by atoms with Crippen molar-refractivity contribution in [3.05, 3.63) is 11.7 Å². The molecule has 2 fully saturated rings. The van der Waals surface area contributed by atoms with Crippen molar-refractivity contribution in [3.8, 4) is 0 Å². The fraction of sp³-hybridized carbons (Fsp3) is 0.800. The Hall–Kier alpha value is -1.63. The fourth-order valence-electron chi connectivity index (χ4n) is 2.61. The normalized spacial score (nSPS) is 25.5. The van der Waals surface area contributed by atoms with Gasteiger partial charge in [-0.25, -0.2) is 4.79 Å². The molecular formula is C15H23N3O4. The molecule has 1 saturated heterocycles. The number of rotatable bonds is 3. The van der Waals surface area contributed by atoms with E-state index in [4.69, 9.17) is 14.0 Å². The molecule has 1 amide bonds.